The van der Waals surface area contributed by atoms with Gasteiger partial charge in [-0.25, -0.2) is 5.43 Å². The van der Waals surface area contributed by atoms with Crippen LogP contribution in [0, 0.1) is 0 Å². The fourth-order valence-corrected chi connectivity index (χ4v) is 2.16. The van der Waals surface area contributed by atoms with Gasteiger partial charge in [0.05, 0.1) is 18.3 Å². The molecule has 2 rings (SSSR count). The van der Waals surface area contributed by atoms with Crippen molar-refractivity contribution in [1.29, 1.82) is 0 Å². The molecule has 5 nitrogen and oxygen atoms in total. The second-order valence-corrected chi connectivity index (χ2v) is 5.51. The van der Waals surface area contributed by atoms with Gasteiger partial charge in [-0.2, -0.15) is 18.3 Å². The Morgan fingerprint density at radius 3 is 2.54 bits per heavy atom. The first kappa shape index (κ1) is 19.5. The van der Waals surface area contributed by atoms with E-state index in [1.807, 2.05) is 0 Å². The molecule has 0 aliphatic rings. The molecule has 0 fully saturated rings. The molecule has 0 aliphatic heterocycles. The fraction of sp³-hybridized carbons (Fsp3) is 0.118. The molecule has 136 valence electrons. The van der Waals surface area contributed by atoms with E-state index in [-0.39, 0.29) is 11.1 Å². The molecule has 0 radical (unpaired) electrons. The van der Waals surface area contributed by atoms with Crippen LogP contribution < -0.4 is 10.7 Å². The lowest BCUT2D eigenvalue weighted by Gasteiger charge is -2.09. The molecule has 0 aromatic heterocycles. The van der Waals surface area contributed by atoms with Crippen molar-refractivity contribution in [3.05, 3.63) is 70.2 Å². The van der Waals surface area contributed by atoms with Crippen LogP contribution in [-0.2, 0) is 11.0 Å². The zero-order valence-corrected chi connectivity index (χ0v) is 13.9. The van der Waals surface area contributed by atoms with Crippen LogP contribution in [0.3, 0.4) is 0 Å². The van der Waals surface area contributed by atoms with Crippen LogP contribution >= 0.6 is 11.6 Å². The van der Waals surface area contributed by atoms with Gasteiger partial charge in [-0.15, -0.1) is 0 Å². The van der Waals surface area contributed by atoms with Crippen molar-refractivity contribution in [2.45, 2.75) is 6.18 Å². The molecule has 0 heterocycles. The number of carbonyl (C=O) groups is 2. The van der Waals surface area contributed by atoms with Crippen molar-refractivity contribution in [3.8, 4) is 0 Å². The molecule has 0 atom stereocenters. The molecular formula is C17H13ClF3N3O2. The minimum Gasteiger partial charge on any atom is -0.343 e. The number of nitrogens with one attached hydrogen (secondary N) is 2. The lowest BCUT2D eigenvalue weighted by atomic mass is 10.1. The SMILES string of the molecule is O=C(CNC(=O)c1cccc(Cl)c1)N/N=C/c1ccccc1C(F)(F)F. The Balaban J connectivity index is 1.89. The van der Waals surface area contributed by atoms with Gasteiger partial charge in [-0.3, -0.25) is 9.59 Å². The van der Waals surface area contributed by atoms with Crippen LogP contribution in [-0.4, -0.2) is 24.6 Å². The number of halogens is 4. The van der Waals surface area contributed by atoms with E-state index < -0.39 is 30.1 Å². The summed E-state index contributed by atoms with van der Waals surface area (Å²) in [6.45, 7) is -0.399. The lowest BCUT2D eigenvalue weighted by Crippen LogP contribution is -2.34. The molecular weight excluding hydrogens is 371 g/mol. The first-order valence-corrected chi connectivity index (χ1v) is 7.67. The molecule has 9 heteroatoms. The van der Waals surface area contributed by atoms with Crippen LogP contribution in [0.1, 0.15) is 21.5 Å². The number of carbonyl (C=O) groups excluding carboxylic acids is 2. The molecule has 2 aromatic carbocycles. The zero-order chi connectivity index (χ0) is 19.2. The molecule has 0 saturated heterocycles. The van der Waals surface area contributed by atoms with E-state index in [2.05, 4.69) is 15.8 Å². The van der Waals surface area contributed by atoms with Crippen molar-refractivity contribution in [3.63, 3.8) is 0 Å². The molecule has 0 spiro atoms. The van der Waals surface area contributed by atoms with E-state index in [9.17, 15) is 22.8 Å². The van der Waals surface area contributed by atoms with Crippen LogP contribution in [0.2, 0.25) is 5.02 Å². The number of alkyl halides is 3. The van der Waals surface area contributed by atoms with E-state index in [0.717, 1.165) is 12.3 Å². The largest absolute Gasteiger partial charge is 0.417 e. The third-order valence-corrected chi connectivity index (χ3v) is 3.39. The standard InChI is InChI=1S/C17H13ClF3N3O2/c18-13-6-3-5-11(8-13)16(26)22-10-15(25)24-23-9-12-4-1-2-7-14(12)17(19,20)21/h1-9H,10H2,(H,22,26)(H,24,25)/b23-9+. The maximum atomic E-state index is 12.8. The topological polar surface area (TPSA) is 70.6 Å². The lowest BCUT2D eigenvalue weighted by molar-refractivity contribution is -0.137. The Bertz CT molecular complexity index is 838. The molecule has 2 aromatic rings. The van der Waals surface area contributed by atoms with E-state index in [1.165, 1.54) is 30.3 Å². The van der Waals surface area contributed by atoms with Gasteiger partial charge in [0.15, 0.2) is 0 Å². The van der Waals surface area contributed by atoms with Gasteiger partial charge in [-0.05, 0) is 24.3 Å². The van der Waals surface area contributed by atoms with Crippen molar-refractivity contribution >= 4 is 29.6 Å². The Morgan fingerprint density at radius 2 is 1.85 bits per heavy atom. The van der Waals surface area contributed by atoms with Crippen LogP contribution in [0.4, 0.5) is 13.2 Å². The number of benzene rings is 2. The number of amides is 2. The maximum Gasteiger partial charge on any atom is 0.417 e. The van der Waals surface area contributed by atoms with Crippen molar-refractivity contribution in [2.75, 3.05) is 6.54 Å². The number of rotatable bonds is 5. The van der Waals surface area contributed by atoms with Gasteiger partial charge < -0.3 is 5.32 Å². The highest BCUT2D eigenvalue weighted by molar-refractivity contribution is 6.30. The van der Waals surface area contributed by atoms with Gasteiger partial charge in [0.25, 0.3) is 11.8 Å². The quantitative estimate of drug-likeness (QED) is 0.614. The highest BCUT2D eigenvalue weighted by atomic mass is 35.5. The number of hydrogen-bond acceptors (Lipinski definition) is 3. The van der Waals surface area contributed by atoms with Crippen LogP contribution in [0.5, 0.6) is 0 Å². The summed E-state index contributed by atoms with van der Waals surface area (Å²) in [6.07, 6.45) is -3.64. The first-order chi connectivity index (χ1) is 12.3. The number of hydrazone groups is 1. The number of nitrogens with zero attached hydrogens (tertiary/aromatic N) is 1. The summed E-state index contributed by atoms with van der Waals surface area (Å²) in [7, 11) is 0. The van der Waals surface area contributed by atoms with Gasteiger partial charge in [0.1, 0.15) is 0 Å². The summed E-state index contributed by atoms with van der Waals surface area (Å²) in [4.78, 5) is 23.5. The third kappa shape index (κ3) is 5.59. The zero-order valence-electron chi connectivity index (χ0n) is 13.2. The molecule has 0 aliphatic carbocycles. The fourth-order valence-electron chi connectivity index (χ4n) is 1.97. The third-order valence-electron chi connectivity index (χ3n) is 3.16. The average Bonchev–Trinajstić information content (AvgIpc) is 2.59. The summed E-state index contributed by atoms with van der Waals surface area (Å²) in [5.41, 5.74) is 1.26. The van der Waals surface area contributed by atoms with Gasteiger partial charge in [0, 0.05) is 16.1 Å². The predicted molar refractivity (Wildman–Crippen MR) is 91.0 cm³/mol. The predicted octanol–water partition coefficient (Wildman–Crippen LogP) is 3.24. The minimum absolute atomic E-state index is 0.191. The number of hydrogen-bond donors (Lipinski definition) is 2. The second-order valence-electron chi connectivity index (χ2n) is 5.07. The summed E-state index contributed by atoms with van der Waals surface area (Å²) in [5.74, 6) is -1.21. The van der Waals surface area contributed by atoms with Crippen LogP contribution in [0.25, 0.3) is 0 Å². The minimum atomic E-state index is -4.53. The van der Waals surface area contributed by atoms with E-state index in [1.54, 1.807) is 12.1 Å². The summed E-state index contributed by atoms with van der Waals surface area (Å²) >= 11 is 5.76. The Morgan fingerprint density at radius 1 is 1.12 bits per heavy atom. The van der Waals surface area contributed by atoms with Crippen molar-refractivity contribution < 1.29 is 22.8 Å². The second kappa shape index (κ2) is 8.48. The van der Waals surface area contributed by atoms with Crippen molar-refractivity contribution in [1.82, 2.24) is 10.7 Å². The molecule has 2 amide bonds. The molecule has 0 unspecified atom stereocenters. The molecule has 2 N–H and O–H groups in total. The molecule has 0 saturated carbocycles. The normalized spacial score (nSPS) is 11.4. The van der Waals surface area contributed by atoms with E-state index in [0.29, 0.717) is 5.02 Å². The summed E-state index contributed by atoms with van der Waals surface area (Å²) in [6, 6.07) is 10.9. The van der Waals surface area contributed by atoms with E-state index in [4.69, 9.17) is 11.6 Å². The van der Waals surface area contributed by atoms with Gasteiger partial charge in [0.2, 0.25) is 0 Å². The van der Waals surface area contributed by atoms with Gasteiger partial charge in [-0.1, -0.05) is 35.9 Å². The first-order valence-electron chi connectivity index (χ1n) is 7.29. The monoisotopic (exact) mass is 383 g/mol. The van der Waals surface area contributed by atoms with Crippen molar-refractivity contribution in [2.24, 2.45) is 5.10 Å². The Labute approximate surface area is 151 Å². The Kier molecular flexibility index (Phi) is 6.35. The maximum absolute atomic E-state index is 12.8. The van der Waals surface area contributed by atoms with E-state index >= 15 is 0 Å². The highest BCUT2D eigenvalue weighted by Crippen LogP contribution is 2.30. The van der Waals surface area contributed by atoms with Crippen LogP contribution in [0.15, 0.2) is 53.6 Å². The highest BCUT2D eigenvalue weighted by Gasteiger charge is 2.32. The average molecular weight is 384 g/mol. The summed E-state index contributed by atoms with van der Waals surface area (Å²) < 4.78 is 38.5. The Hall–Kier alpha value is -2.87. The van der Waals surface area contributed by atoms with Gasteiger partial charge >= 0.3 is 6.18 Å². The molecule has 26 heavy (non-hydrogen) atoms. The smallest absolute Gasteiger partial charge is 0.343 e. The summed E-state index contributed by atoms with van der Waals surface area (Å²) in [5, 5.41) is 6.20. The molecule has 0 bridgehead atoms.